The van der Waals surface area contributed by atoms with Crippen LogP contribution >= 0.6 is 0 Å². The third kappa shape index (κ3) is 8.33. The standard InChI is InChI=1S/C38H67NO12/c1-14-26-38(11,44)31(41)21(5)29-19(3)17-37(10,51-29)33(50-35-28(40)25(39(12)15-2)16-20(4)46-35)22(6)30(23(7)34(43)48-26)49-27-18-36(9,45-13)32(42)24(8)47-27/h20-28,30-33,35,40-42,44H,14-18H2,1-13H3/t20-,21-,22+,23-,24+,25+,26-,27+,28-,30-,31-,32+,33+,35+,36-,37+,38-/m1/s1. The van der Waals surface area contributed by atoms with Gasteiger partial charge in [0.25, 0.3) is 0 Å². The largest absolute Gasteiger partial charge is 0.489 e. The van der Waals surface area contributed by atoms with Gasteiger partial charge in [-0.2, -0.15) is 0 Å². The molecular formula is C38H67NO12. The normalized spacial score (nSPS) is 48.8. The molecule has 0 unspecified atom stereocenters. The van der Waals surface area contributed by atoms with Gasteiger partial charge in [-0.15, -0.1) is 0 Å². The molecule has 2 bridgehead atoms. The van der Waals surface area contributed by atoms with Gasteiger partial charge in [0, 0.05) is 37.8 Å². The Morgan fingerprint density at radius 3 is 2.20 bits per heavy atom. The molecule has 0 aromatic rings. The minimum Gasteiger partial charge on any atom is -0.489 e. The fraction of sp³-hybridized carbons (Fsp3) is 0.921. The maximum Gasteiger partial charge on any atom is 0.311 e. The lowest BCUT2D eigenvalue weighted by Gasteiger charge is -2.48. The summed E-state index contributed by atoms with van der Waals surface area (Å²) >= 11 is 0. The summed E-state index contributed by atoms with van der Waals surface area (Å²) in [5, 5.41) is 46.0. The second kappa shape index (κ2) is 16.1. The van der Waals surface area contributed by atoms with Gasteiger partial charge in [-0.1, -0.05) is 27.7 Å². The molecule has 3 saturated heterocycles. The van der Waals surface area contributed by atoms with Crippen LogP contribution in [0.25, 0.3) is 0 Å². The minimum atomic E-state index is -1.82. The number of aliphatic hydroxyl groups is 4. The summed E-state index contributed by atoms with van der Waals surface area (Å²) in [7, 11) is 3.49. The van der Waals surface area contributed by atoms with E-state index in [1.165, 1.54) is 14.0 Å². The first-order valence-electron chi connectivity index (χ1n) is 18.9. The first-order chi connectivity index (χ1) is 23.6. The van der Waals surface area contributed by atoms with Crippen LogP contribution in [0.3, 0.4) is 0 Å². The number of fused-ring (bicyclic) bond motifs is 2. The Labute approximate surface area is 304 Å². The summed E-state index contributed by atoms with van der Waals surface area (Å²) < 4.78 is 44.8. The van der Waals surface area contributed by atoms with Crippen LogP contribution in [0.15, 0.2) is 11.3 Å². The molecule has 0 radical (unpaired) electrons. The van der Waals surface area contributed by atoms with Crippen molar-refractivity contribution < 1.29 is 58.4 Å². The number of hydrogen-bond acceptors (Lipinski definition) is 13. The van der Waals surface area contributed by atoms with Crippen LogP contribution < -0.4 is 0 Å². The Kier molecular flexibility index (Phi) is 13.4. The van der Waals surface area contributed by atoms with E-state index in [4.69, 9.17) is 33.2 Å². The summed E-state index contributed by atoms with van der Waals surface area (Å²) in [6, 6.07) is -0.221. The molecule has 17 atom stereocenters. The molecule has 4 aliphatic heterocycles. The van der Waals surface area contributed by atoms with Gasteiger partial charge in [-0.3, -0.25) is 4.79 Å². The Hall–Kier alpha value is -1.39. The van der Waals surface area contributed by atoms with Gasteiger partial charge in [0.1, 0.15) is 41.4 Å². The van der Waals surface area contributed by atoms with Crippen molar-refractivity contribution in [3.05, 3.63) is 11.3 Å². The Bertz CT molecular complexity index is 1230. The lowest BCUT2D eigenvalue weighted by molar-refractivity contribution is -0.317. The molecule has 0 aromatic carbocycles. The molecule has 4 aliphatic rings. The number of carbonyl (C=O) groups is 1. The number of likely N-dealkylation sites (N-methyl/N-ethyl adjacent to an activating group) is 1. The third-order valence-electron chi connectivity index (χ3n) is 12.4. The monoisotopic (exact) mass is 729 g/mol. The van der Waals surface area contributed by atoms with Crippen molar-refractivity contribution in [2.24, 2.45) is 17.8 Å². The molecule has 0 aliphatic carbocycles. The van der Waals surface area contributed by atoms with E-state index in [2.05, 4.69) is 4.90 Å². The van der Waals surface area contributed by atoms with Crippen molar-refractivity contribution in [3.63, 3.8) is 0 Å². The highest BCUT2D eigenvalue weighted by atomic mass is 16.7. The van der Waals surface area contributed by atoms with Gasteiger partial charge < -0.3 is 58.5 Å². The minimum absolute atomic E-state index is 0.174. The number of cyclic esters (lactones) is 1. The fourth-order valence-electron chi connectivity index (χ4n) is 8.89. The van der Waals surface area contributed by atoms with Crippen LogP contribution in [0.2, 0.25) is 0 Å². The maximum atomic E-state index is 14.1. The molecule has 0 saturated carbocycles. The third-order valence-corrected chi connectivity index (χ3v) is 12.4. The number of ether oxygens (including phenoxy) is 7. The summed E-state index contributed by atoms with van der Waals surface area (Å²) in [4.78, 5) is 16.2. The summed E-state index contributed by atoms with van der Waals surface area (Å²) in [6.07, 6.45) is -7.37. The zero-order valence-corrected chi connectivity index (χ0v) is 33.1. The van der Waals surface area contributed by atoms with Crippen molar-refractivity contribution in [2.75, 3.05) is 20.7 Å². The molecular weight excluding hydrogens is 662 g/mol. The average molecular weight is 730 g/mol. The van der Waals surface area contributed by atoms with Crippen LogP contribution in [0.5, 0.6) is 0 Å². The molecule has 0 aromatic heterocycles. The summed E-state index contributed by atoms with van der Waals surface area (Å²) in [6.45, 7) is 20.8. The SMILES string of the molecule is CC[C@H]1OC(=O)[C@H](C)[C@H](O[C@H]2C[C@@](C)(OC)[C@@H](O)[C@H](C)O2)[C@H](C)[C@H](O[C@@H]2O[C@H](C)C[C@H](N(C)CC)[C@H]2O)[C@]2(C)CC(C)=C(O2)[C@@H](C)[C@@H](O)[C@]1(C)O. The topological polar surface area (TPSA) is 166 Å². The van der Waals surface area contributed by atoms with Crippen LogP contribution in [0.1, 0.15) is 102 Å². The fourth-order valence-corrected chi connectivity index (χ4v) is 8.89. The van der Waals surface area contributed by atoms with Crippen molar-refractivity contribution in [1.29, 1.82) is 0 Å². The zero-order valence-electron chi connectivity index (χ0n) is 33.1. The van der Waals surface area contributed by atoms with Crippen molar-refractivity contribution in [3.8, 4) is 0 Å². The highest BCUT2D eigenvalue weighted by Gasteiger charge is 2.56. The Morgan fingerprint density at radius 2 is 1.61 bits per heavy atom. The molecule has 4 heterocycles. The summed E-state index contributed by atoms with van der Waals surface area (Å²) in [5.74, 6) is -2.31. The number of nitrogens with zero attached hydrogens (tertiary/aromatic N) is 1. The van der Waals surface area contributed by atoms with E-state index in [1.807, 2.05) is 41.7 Å². The molecule has 13 nitrogen and oxygen atoms in total. The smallest absolute Gasteiger partial charge is 0.311 e. The van der Waals surface area contributed by atoms with Crippen LogP contribution in [-0.2, 0) is 38.0 Å². The van der Waals surface area contributed by atoms with Gasteiger partial charge in [-0.05, 0) is 80.5 Å². The van der Waals surface area contributed by atoms with Gasteiger partial charge in [0.05, 0.1) is 35.9 Å². The quantitative estimate of drug-likeness (QED) is 0.269. The second-order valence-corrected chi connectivity index (χ2v) is 16.5. The highest BCUT2D eigenvalue weighted by Crippen LogP contribution is 2.47. The van der Waals surface area contributed by atoms with E-state index in [9.17, 15) is 25.2 Å². The van der Waals surface area contributed by atoms with E-state index in [-0.39, 0.29) is 25.0 Å². The molecule has 4 N–H and O–H groups in total. The van der Waals surface area contributed by atoms with E-state index < -0.39 is 95.8 Å². The van der Waals surface area contributed by atoms with E-state index in [0.29, 0.717) is 18.6 Å². The molecule has 51 heavy (non-hydrogen) atoms. The first kappa shape index (κ1) is 42.4. The van der Waals surface area contributed by atoms with Gasteiger partial charge in [0.15, 0.2) is 12.6 Å². The number of aliphatic hydroxyl groups excluding tert-OH is 3. The molecule has 0 amide bonds. The lowest BCUT2D eigenvalue weighted by atomic mass is 9.78. The van der Waals surface area contributed by atoms with Gasteiger partial charge in [0.2, 0.25) is 0 Å². The van der Waals surface area contributed by atoms with Crippen LogP contribution in [-0.4, -0.2) is 136 Å². The predicted molar refractivity (Wildman–Crippen MR) is 188 cm³/mol. The first-order valence-corrected chi connectivity index (χ1v) is 18.9. The number of carbonyl (C=O) groups excluding carboxylic acids is 1. The molecule has 296 valence electrons. The lowest BCUT2D eigenvalue weighted by Crippen LogP contribution is -2.60. The molecule has 4 rings (SSSR count). The van der Waals surface area contributed by atoms with E-state index >= 15 is 0 Å². The predicted octanol–water partition coefficient (Wildman–Crippen LogP) is 3.28. The van der Waals surface area contributed by atoms with E-state index in [1.54, 1.807) is 34.6 Å². The van der Waals surface area contributed by atoms with Gasteiger partial charge >= 0.3 is 5.97 Å². The van der Waals surface area contributed by atoms with Crippen molar-refractivity contribution in [1.82, 2.24) is 4.90 Å². The van der Waals surface area contributed by atoms with E-state index in [0.717, 1.165) is 12.1 Å². The number of methoxy groups -OCH3 is 1. The van der Waals surface area contributed by atoms with Crippen molar-refractivity contribution in [2.45, 2.75) is 186 Å². The number of esters is 1. The van der Waals surface area contributed by atoms with Crippen LogP contribution in [0.4, 0.5) is 0 Å². The Morgan fingerprint density at radius 1 is 0.961 bits per heavy atom. The molecule has 3 fully saturated rings. The number of hydrogen-bond donors (Lipinski definition) is 4. The zero-order chi connectivity index (χ0) is 38.4. The maximum absolute atomic E-state index is 14.1. The van der Waals surface area contributed by atoms with Crippen molar-refractivity contribution >= 4 is 5.97 Å². The average Bonchev–Trinajstić information content (AvgIpc) is 3.40. The second-order valence-electron chi connectivity index (χ2n) is 16.5. The molecule has 13 heteroatoms. The van der Waals surface area contributed by atoms with Crippen LogP contribution in [0, 0.1) is 17.8 Å². The van der Waals surface area contributed by atoms with Gasteiger partial charge in [-0.25, -0.2) is 0 Å². The highest BCUT2D eigenvalue weighted by molar-refractivity contribution is 5.73. The Balaban J connectivity index is 1.84. The summed E-state index contributed by atoms with van der Waals surface area (Å²) in [5.41, 5.74) is -3.00. The number of rotatable bonds is 8. The molecule has 0 spiro atoms.